The van der Waals surface area contributed by atoms with Crippen molar-refractivity contribution < 1.29 is 0 Å². The maximum Gasteiger partial charge on any atom is 0.152 e. The van der Waals surface area contributed by atoms with Gasteiger partial charge in [-0.25, -0.2) is 4.98 Å². The molecule has 2 aromatic rings. The van der Waals surface area contributed by atoms with E-state index in [1.165, 1.54) is 5.56 Å². The summed E-state index contributed by atoms with van der Waals surface area (Å²) in [4.78, 5) is 4.22. The van der Waals surface area contributed by atoms with Crippen LogP contribution in [0.1, 0.15) is 5.56 Å². The Morgan fingerprint density at radius 3 is 2.67 bits per heavy atom. The fourth-order valence-corrected chi connectivity index (χ4v) is 1.56. The number of nitrogens with zero attached hydrogens (tertiary/aromatic N) is 1. The zero-order chi connectivity index (χ0) is 10.8. The van der Waals surface area contributed by atoms with Crippen LogP contribution in [0.25, 0.3) is 11.3 Å². The van der Waals surface area contributed by atoms with Crippen LogP contribution in [0.15, 0.2) is 36.4 Å². The quantitative estimate of drug-likeness (QED) is 0.746. The molecule has 15 heavy (non-hydrogen) atoms. The third kappa shape index (κ3) is 2.10. The van der Waals surface area contributed by atoms with E-state index in [2.05, 4.69) is 11.1 Å². The molecule has 0 fully saturated rings. The van der Waals surface area contributed by atoms with Crippen LogP contribution in [0.4, 0.5) is 5.69 Å². The standard InChI is InChI=1S/C12H11ClN2/c1-8-3-2-4-9(7-8)11-6-5-10(14)12(13)15-11/h2-7H,14H2,1H3. The summed E-state index contributed by atoms with van der Waals surface area (Å²) in [5.41, 5.74) is 9.20. The summed E-state index contributed by atoms with van der Waals surface area (Å²) in [6, 6.07) is 11.7. The van der Waals surface area contributed by atoms with Gasteiger partial charge in [-0.05, 0) is 25.1 Å². The zero-order valence-electron chi connectivity index (χ0n) is 8.37. The van der Waals surface area contributed by atoms with Gasteiger partial charge in [-0.1, -0.05) is 35.4 Å². The first-order chi connectivity index (χ1) is 7.16. The van der Waals surface area contributed by atoms with E-state index in [9.17, 15) is 0 Å². The fraction of sp³-hybridized carbons (Fsp3) is 0.0833. The summed E-state index contributed by atoms with van der Waals surface area (Å²) in [5, 5.41) is 0.356. The third-order valence-electron chi connectivity index (χ3n) is 2.19. The molecule has 0 spiro atoms. The maximum absolute atomic E-state index is 5.87. The van der Waals surface area contributed by atoms with Gasteiger partial charge < -0.3 is 5.73 Å². The first-order valence-corrected chi connectivity index (χ1v) is 5.03. The van der Waals surface area contributed by atoms with E-state index in [4.69, 9.17) is 17.3 Å². The minimum absolute atomic E-state index is 0.356. The molecule has 0 unspecified atom stereocenters. The molecule has 1 aromatic heterocycles. The van der Waals surface area contributed by atoms with Crippen molar-refractivity contribution in [3.63, 3.8) is 0 Å². The Morgan fingerprint density at radius 1 is 1.20 bits per heavy atom. The van der Waals surface area contributed by atoms with Gasteiger partial charge in [0.05, 0.1) is 11.4 Å². The SMILES string of the molecule is Cc1cccc(-c2ccc(N)c(Cl)n2)c1. The number of hydrogen-bond donors (Lipinski definition) is 1. The number of nitrogen functional groups attached to an aromatic ring is 1. The number of hydrogen-bond acceptors (Lipinski definition) is 2. The molecule has 0 saturated carbocycles. The van der Waals surface area contributed by atoms with Crippen molar-refractivity contribution in [2.75, 3.05) is 5.73 Å². The molecular weight excluding hydrogens is 208 g/mol. The molecule has 2 rings (SSSR count). The molecule has 0 aliphatic heterocycles. The predicted octanol–water partition coefficient (Wildman–Crippen LogP) is 3.29. The summed E-state index contributed by atoms with van der Waals surface area (Å²) in [6.45, 7) is 2.04. The van der Waals surface area contributed by atoms with Crippen LogP contribution in [0, 0.1) is 6.92 Å². The molecule has 0 aliphatic rings. The lowest BCUT2D eigenvalue weighted by Crippen LogP contribution is -1.91. The van der Waals surface area contributed by atoms with Crippen LogP contribution in [-0.2, 0) is 0 Å². The van der Waals surface area contributed by atoms with Crippen LogP contribution in [0.2, 0.25) is 5.15 Å². The van der Waals surface area contributed by atoms with E-state index in [0.29, 0.717) is 10.8 Å². The van der Waals surface area contributed by atoms with Crippen LogP contribution >= 0.6 is 11.6 Å². The Hall–Kier alpha value is -1.54. The molecule has 76 valence electrons. The highest BCUT2D eigenvalue weighted by atomic mass is 35.5. The third-order valence-corrected chi connectivity index (χ3v) is 2.49. The second-order valence-corrected chi connectivity index (χ2v) is 3.80. The number of aryl methyl sites for hydroxylation is 1. The minimum Gasteiger partial charge on any atom is -0.396 e. The second-order valence-electron chi connectivity index (χ2n) is 3.45. The molecule has 2 nitrogen and oxygen atoms in total. The lowest BCUT2D eigenvalue weighted by atomic mass is 10.1. The van der Waals surface area contributed by atoms with E-state index in [1.54, 1.807) is 6.07 Å². The zero-order valence-corrected chi connectivity index (χ0v) is 9.12. The van der Waals surface area contributed by atoms with Crippen molar-refractivity contribution >= 4 is 17.3 Å². The van der Waals surface area contributed by atoms with Gasteiger partial charge in [0.2, 0.25) is 0 Å². The van der Waals surface area contributed by atoms with E-state index >= 15 is 0 Å². The Bertz CT molecular complexity index is 495. The Labute approximate surface area is 93.7 Å². The number of anilines is 1. The Morgan fingerprint density at radius 2 is 2.00 bits per heavy atom. The summed E-state index contributed by atoms with van der Waals surface area (Å²) in [7, 11) is 0. The van der Waals surface area contributed by atoms with Crippen LogP contribution < -0.4 is 5.73 Å². The summed E-state index contributed by atoms with van der Waals surface area (Å²) < 4.78 is 0. The fourth-order valence-electron chi connectivity index (χ4n) is 1.41. The smallest absolute Gasteiger partial charge is 0.152 e. The van der Waals surface area contributed by atoms with E-state index in [0.717, 1.165) is 11.3 Å². The maximum atomic E-state index is 5.87. The highest BCUT2D eigenvalue weighted by Gasteiger charge is 2.02. The van der Waals surface area contributed by atoms with Gasteiger partial charge in [-0.15, -0.1) is 0 Å². The van der Waals surface area contributed by atoms with Crippen molar-refractivity contribution in [2.45, 2.75) is 6.92 Å². The highest BCUT2D eigenvalue weighted by molar-refractivity contribution is 6.31. The average molecular weight is 219 g/mol. The molecule has 0 bridgehead atoms. The number of pyridine rings is 1. The lowest BCUT2D eigenvalue weighted by Gasteiger charge is -2.03. The molecule has 1 heterocycles. The first kappa shape index (κ1) is 9.99. The van der Waals surface area contributed by atoms with Gasteiger partial charge in [-0.2, -0.15) is 0 Å². The molecule has 0 saturated heterocycles. The number of nitrogens with two attached hydrogens (primary N) is 1. The van der Waals surface area contributed by atoms with E-state index in [-0.39, 0.29) is 0 Å². The van der Waals surface area contributed by atoms with Gasteiger partial charge in [0.15, 0.2) is 5.15 Å². The molecule has 0 atom stereocenters. The van der Waals surface area contributed by atoms with Crippen LogP contribution in [0.3, 0.4) is 0 Å². The molecule has 2 N–H and O–H groups in total. The number of rotatable bonds is 1. The first-order valence-electron chi connectivity index (χ1n) is 4.66. The van der Waals surface area contributed by atoms with Crippen molar-refractivity contribution in [2.24, 2.45) is 0 Å². The average Bonchev–Trinajstić information content (AvgIpc) is 2.22. The molecule has 3 heteroatoms. The monoisotopic (exact) mass is 218 g/mol. The number of aromatic nitrogens is 1. The molecule has 0 aliphatic carbocycles. The lowest BCUT2D eigenvalue weighted by molar-refractivity contribution is 1.32. The van der Waals surface area contributed by atoms with Gasteiger partial charge in [0.1, 0.15) is 0 Å². The van der Waals surface area contributed by atoms with Crippen molar-refractivity contribution in [1.82, 2.24) is 4.98 Å². The Kier molecular flexibility index (Phi) is 2.60. The molecule has 1 aromatic carbocycles. The molecule has 0 radical (unpaired) electrons. The van der Waals surface area contributed by atoms with Crippen molar-refractivity contribution in [1.29, 1.82) is 0 Å². The topological polar surface area (TPSA) is 38.9 Å². The van der Waals surface area contributed by atoms with Gasteiger partial charge in [0, 0.05) is 5.56 Å². The predicted molar refractivity (Wildman–Crippen MR) is 63.8 cm³/mol. The normalized spacial score (nSPS) is 10.3. The summed E-state index contributed by atoms with van der Waals surface area (Å²) >= 11 is 5.87. The summed E-state index contributed by atoms with van der Waals surface area (Å²) in [5.74, 6) is 0. The highest BCUT2D eigenvalue weighted by Crippen LogP contribution is 2.23. The number of halogens is 1. The van der Waals surface area contributed by atoms with Crippen molar-refractivity contribution in [3.05, 3.63) is 47.1 Å². The van der Waals surface area contributed by atoms with Crippen molar-refractivity contribution in [3.8, 4) is 11.3 Å². The largest absolute Gasteiger partial charge is 0.396 e. The van der Waals surface area contributed by atoms with Gasteiger partial charge in [0.25, 0.3) is 0 Å². The van der Waals surface area contributed by atoms with Gasteiger partial charge >= 0.3 is 0 Å². The number of benzene rings is 1. The van der Waals surface area contributed by atoms with Gasteiger partial charge in [-0.3, -0.25) is 0 Å². The Balaban J connectivity index is 2.50. The molecule has 0 amide bonds. The van der Waals surface area contributed by atoms with E-state index in [1.807, 2.05) is 31.2 Å². The second kappa shape index (κ2) is 3.91. The van der Waals surface area contributed by atoms with Crippen LogP contribution in [0.5, 0.6) is 0 Å². The molecular formula is C12H11ClN2. The van der Waals surface area contributed by atoms with Crippen LogP contribution in [-0.4, -0.2) is 4.98 Å². The van der Waals surface area contributed by atoms with E-state index < -0.39 is 0 Å². The minimum atomic E-state index is 0.356. The summed E-state index contributed by atoms with van der Waals surface area (Å²) in [6.07, 6.45) is 0.